The van der Waals surface area contributed by atoms with E-state index in [4.69, 9.17) is 4.74 Å². The van der Waals surface area contributed by atoms with E-state index >= 15 is 0 Å². The fourth-order valence-electron chi connectivity index (χ4n) is 1.50. The second-order valence-electron chi connectivity index (χ2n) is 3.84. The minimum Gasteiger partial charge on any atom is -0.445 e. The molecule has 1 aromatic rings. The largest absolute Gasteiger partial charge is 0.445 e. The van der Waals surface area contributed by atoms with E-state index in [1.54, 1.807) is 6.07 Å². The Morgan fingerprint density at radius 2 is 2.44 bits per heavy atom. The molecule has 1 radical (unpaired) electrons. The Balaban J connectivity index is 1.95. The third-order valence-electron chi connectivity index (χ3n) is 2.44. The zero-order valence-electron chi connectivity index (χ0n) is 9.03. The molecule has 1 aliphatic rings. The molecule has 1 aliphatic carbocycles. The Kier molecular flexibility index (Phi) is 3.25. The van der Waals surface area contributed by atoms with Crippen LogP contribution in [0.1, 0.15) is 24.3 Å². The summed E-state index contributed by atoms with van der Waals surface area (Å²) < 4.78 is 4.83. The molecule has 0 heterocycles. The van der Waals surface area contributed by atoms with E-state index in [0.717, 1.165) is 5.69 Å². The molecular formula is C13H14NO2. The number of carbonyl (C=O) groups is 1. The molecule has 0 saturated heterocycles. The zero-order chi connectivity index (χ0) is 11.4. The summed E-state index contributed by atoms with van der Waals surface area (Å²) in [5.41, 5.74) is 1.97. The second kappa shape index (κ2) is 4.84. The second-order valence-corrected chi connectivity index (χ2v) is 3.84. The highest BCUT2D eigenvalue weighted by atomic mass is 16.5. The number of ether oxygens (including phenoxy) is 1. The molecule has 16 heavy (non-hydrogen) atoms. The fraction of sp³-hybridized carbons (Fsp3) is 0.308. The van der Waals surface area contributed by atoms with Gasteiger partial charge in [-0.05, 0) is 42.5 Å². The van der Waals surface area contributed by atoms with Gasteiger partial charge in [-0.1, -0.05) is 18.7 Å². The SMILES string of the molecule is C=CCOC(=O)Nc1c[c]cc(C2CC2)c1. The molecule has 1 N–H and O–H groups in total. The van der Waals surface area contributed by atoms with Gasteiger partial charge in [-0.3, -0.25) is 5.32 Å². The molecular weight excluding hydrogens is 202 g/mol. The third-order valence-corrected chi connectivity index (χ3v) is 2.44. The van der Waals surface area contributed by atoms with Crippen LogP contribution in [0.5, 0.6) is 0 Å². The summed E-state index contributed by atoms with van der Waals surface area (Å²) in [6.45, 7) is 3.69. The number of carbonyl (C=O) groups excluding carboxylic acids is 1. The first-order valence-corrected chi connectivity index (χ1v) is 5.35. The van der Waals surface area contributed by atoms with Crippen molar-refractivity contribution in [2.24, 2.45) is 0 Å². The highest BCUT2D eigenvalue weighted by molar-refractivity contribution is 5.84. The molecule has 83 valence electrons. The molecule has 3 heteroatoms. The maximum absolute atomic E-state index is 11.3. The molecule has 0 bridgehead atoms. The monoisotopic (exact) mass is 216 g/mol. The summed E-state index contributed by atoms with van der Waals surface area (Å²) in [6, 6.07) is 8.70. The molecule has 1 saturated carbocycles. The van der Waals surface area contributed by atoms with Crippen LogP contribution in [0.2, 0.25) is 0 Å². The van der Waals surface area contributed by atoms with Gasteiger partial charge < -0.3 is 4.74 Å². The van der Waals surface area contributed by atoms with Gasteiger partial charge in [0.1, 0.15) is 6.61 Å². The first-order chi connectivity index (χ1) is 7.79. The molecule has 3 nitrogen and oxygen atoms in total. The van der Waals surface area contributed by atoms with Crippen LogP contribution in [0, 0.1) is 6.07 Å². The minimum atomic E-state index is -0.457. The maximum Gasteiger partial charge on any atom is 0.411 e. The van der Waals surface area contributed by atoms with E-state index in [1.165, 1.54) is 24.5 Å². The summed E-state index contributed by atoms with van der Waals surface area (Å²) in [5.74, 6) is 0.655. The molecule has 2 rings (SSSR count). The minimum absolute atomic E-state index is 0.220. The van der Waals surface area contributed by atoms with Crippen molar-refractivity contribution >= 4 is 11.8 Å². The number of nitrogens with one attached hydrogen (secondary N) is 1. The molecule has 0 aromatic heterocycles. The molecule has 1 amide bonds. The van der Waals surface area contributed by atoms with Crippen LogP contribution in [0.25, 0.3) is 0 Å². The van der Waals surface area contributed by atoms with E-state index in [0.29, 0.717) is 5.92 Å². The van der Waals surface area contributed by atoms with E-state index in [-0.39, 0.29) is 6.61 Å². The van der Waals surface area contributed by atoms with Gasteiger partial charge >= 0.3 is 6.09 Å². The molecule has 1 aromatic carbocycles. The molecule has 1 fully saturated rings. The predicted molar refractivity (Wildman–Crippen MR) is 62.4 cm³/mol. The van der Waals surface area contributed by atoms with E-state index < -0.39 is 6.09 Å². The first kappa shape index (κ1) is 10.7. The van der Waals surface area contributed by atoms with Gasteiger partial charge in [0.15, 0.2) is 0 Å². The number of benzene rings is 1. The van der Waals surface area contributed by atoms with Gasteiger partial charge in [0.2, 0.25) is 0 Å². The third kappa shape index (κ3) is 2.86. The van der Waals surface area contributed by atoms with Gasteiger partial charge in [0, 0.05) is 5.69 Å². The molecule has 0 spiro atoms. The van der Waals surface area contributed by atoms with Crippen LogP contribution in [0.3, 0.4) is 0 Å². The van der Waals surface area contributed by atoms with E-state index in [9.17, 15) is 4.79 Å². The average Bonchev–Trinajstić information content (AvgIpc) is 3.10. The average molecular weight is 216 g/mol. The van der Waals surface area contributed by atoms with Crippen molar-refractivity contribution in [3.8, 4) is 0 Å². The number of rotatable bonds is 4. The van der Waals surface area contributed by atoms with Crippen molar-refractivity contribution in [3.63, 3.8) is 0 Å². The molecule has 0 aliphatic heterocycles. The van der Waals surface area contributed by atoms with E-state index in [1.807, 2.05) is 12.1 Å². The van der Waals surface area contributed by atoms with Crippen molar-refractivity contribution in [1.29, 1.82) is 0 Å². The Labute approximate surface area is 95.1 Å². The maximum atomic E-state index is 11.3. The number of hydrogen-bond donors (Lipinski definition) is 1. The lowest BCUT2D eigenvalue weighted by atomic mass is 10.1. The van der Waals surface area contributed by atoms with Crippen LogP contribution in [0.15, 0.2) is 30.9 Å². The highest BCUT2D eigenvalue weighted by Crippen LogP contribution is 2.40. The van der Waals surface area contributed by atoms with Crippen LogP contribution in [-0.4, -0.2) is 12.7 Å². The van der Waals surface area contributed by atoms with E-state index in [2.05, 4.69) is 18.0 Å². The van der Waals surface area contributed by atoms with Gasteiger partial charge in [-0.25, -0.2) is 4.79 Å². The lowest BCUT2D eigenvalue weighted by Crippen LogP contribution is -2.13. The highest BCUT2D eigenvalue weighted by Gasteiger charge is 2.23. The van der Waals surface area contributed by atoms with Crippen LogP contribution >= 0.6 is 0 Å². The van der Waals surface area contributed by atoms with Crippen molar-refractivity contribution in [3.05, 3.63) is 42.5 Å². The van der Waals surface area contributed by atoms with Crippen molar-refractivity contribution in [2.45, 2.75) is 18.8 Å². The number of anilines is 1. The van der Waals surface area contributed by atoms with Crippen molar-refractivity contribution < 1.29 is 9.53 Å². The van der Waals surface area contributed by atoms with Crippen molar-refractivity contribution in [2.75, 3.05) is 11.9 Å². The predicted octanol–water partition coefficient (Wildman–Crippen LogP) is 3.10. The zero-order valence-corrected chi connectivity index (χ0v) is 9.03. The van der Waals surface area contributed by atoms with Crippen molar-refractivity contribution in [1.82, 2.24) is 0 Å². The topological polar surface area (TPSA) is 38.3 Å². The Hall–Kier alpha value is -1.77. The summed E-state index contributed by atoms with van der Waals surface area (Å²) >= 11 is 0. The lowest BCUT2D eigenvalue weighted by Gasteiger charge is -2.06. The standard InChI is InChI=1S/C13H14NO2/c1-2-8-16-13(15)14-12-5-3-4-11(9-12)10-6-7-10/h2,4-5,9-10H,1,6-8H2,(H,14,15). The summed E-state index contributed by atoms with van der Waals surface area (Å²) in [6.07, 6.45) is 3.55. The van der Waals surface area contributed by atoms with Gasteiger partial charge in [0.05, 0.1) is 0 Å². The summed E-state index contributed by atoms with van der Waals surface area (Å²) in [5, 5.41) is 2.66. The van der Waals surface area contributed by atoms with Gasteiger partial charge in [-0.2, -0.15) is 0 Å². The lowest BCUT2D eigenvalue weighted by molar-refractivity contribution is 0.174. The molecule has 0 unspecified atom stereocenters. The number of amides is 1. The van der Waals surface area contributed by atoms with Crippen LogP contribution in [0.4, 0.5) is 10.5 Å². The smallest absolute Gasteiger partial charge is 0.411 e. The normalized spacial score (nSPS) is 14.2. The van der Waals surface area contributed by atoms with Gasteiger partial charge in [-0.15, -0.1) is 0 Å². The Morgan fingerprint density at radius 1 is 1.62 bits per heavy atom. The Morgan fingerprint density at radius 3 is 3.12 bits per heavy atom. The number of hydrogen-bond acceptors (Lipinski definition) is 2. The van der Waals surface area contributed by atoms with Gasteiger partial charge in [0.25, 0.3) is 0 Å². The van der Waals surface area contributed by atoms with Crippen LogP contribution in [-0.2, 0) is 4.74 Å². The summed E-state index contributed by atoms with van der Waals surface area (Å²) in [4.78, 5) is 11.3. The van der Waals surface area contributed by atoms with Crippen LogP contribution < -0.4 is 5.32 Å². The summed E-state index contributed by atoms with van der Waals surface area (Å²) in [7, 11) is 0. The fourth-order valence-corrected chi connectivity index (χ4v) is 1.50. The quantitative estimate of drug-likeness (QED) is 0.785. The first-order valence-electron chi connectivity index (χ1n) is 5.35. The molecule has 0 atom stereocenters. The Bertz CT molecular complexity index is 397.